The van der Waals surface area contributed by atoms with Crippen molar-refractivity contribution in [3.05, 3.63) is 22.4 Å². The van der Waals surface area contributed by atoms with Crippen molar-refractivity contribution >= 4 is 11.3 Å². The number of aliphatic hydroxyl groups excluding tert-OH is 2. The van der Waals surface area contributed by atoms with Gasteiger partial charge in [-0.15, -0.1) is 0 Å². The smallest absolute Gasteiger partial charge is 0.0558 e. The summed E-state index contributed by atoms with van der Waals surface area (Å²) in [6, 6.07) is 2.55. The minimum atomic E-state index is 0.180. The van der Waals surface area contributed by atoms with Gasteiger partial charge >= 0.3 is 0 Å². The van der Waals surface area contributed by atoms with Crippen LogP contribution in [0.15, 0.2) is 16.8 Å². The van der Waals surface area contributed by atoms with Crippen LogP contribution in [0, 0.1) is 0 Å². The second-order valence-corrected chi connectivity index (χ2v) is 4.80. The minimum Gasteiger partial charge on any atom is -0.396 e. The second-order valence-electron chi connectivity index (χ2n) is 4.02. The first-order chi connectivity index (χ1) is 7.77. The first kappa shape index (κ1) is 13.6. The Morgan fingerprint density at radius 1 is 1.31 bits per heavy atom. The standard InChI is InChI=1S/C12H21NO2S/c1-11(9-12-3-8-16-10-12)13(5-7-15)4-2-6-14/h3,8,10-11,14-15H,2,4-7,9H2,1H3. The summed E-state index contributed by atoms with van der Waals surface area (Å²) in [6.07, 6.45) is 1.78. The maximum Gasteiger partial charge on any atom is 0.0558 e. The molecular formula is C12H21NO2S. The first-order valence-electron chi connectivity index (χ1n) is 5.74. The molecule has 0 aromatic carbocycles. The molecule has 2 N–H and O–H groups in total. The van der Waals surface area contributed by atoms with E-state index in [4.69, 9.17) is 10.2 Å². The summed E-state index contributed by atoms with van der Waals surface area (Å²) in [4.78, 5) is 2.23. The van der Waals surface area contributed by atoms with Crippen LogP contribution in [0.2, 0.25) is 0 Å². The molecule has 0 saturated heterocycles. The van der Waals surface area contributed by atoms with Crippen LogP contribution >= 0.6 is 11.3 Å². The summed E-state index contributed by atoms with van der Waals surface area (Å²) in [6.45, 7) is 4.10. The number of nitrogens with zero attached hydrogens (tertiary/aromatic N) is 1. The van der Waals surface area contributed by atoms with Crippen molar-refractivity contribution in [2.24, 2.45) is 0 Å². The largest absolute Gasteiger partial charge is 0.396 e. The van der Waals surface area contributed by atoms with Crippen LogP contribution in [-0.2, 0) is 6.42 Å². The van der Waals surface area contributed by atoms with Crippen molar-refractivity contribution in [2.45, 2.75) is 25.8 Å². The Balaban J connectivity index is 2.42. The first-order valence-corrected chi connectivity index (χ1v) is 6.69. The molecule has 0 spiro atoms. The van der Waals surface area contributed by atoms with Gasteiger partial charge in [-0.1, -0.05) is 0 Å². The molecule has 0 saturated carbocycles. The van der Waals surface area contributed by atoms with E-state index >= 15 is 0 Å². The third kappa shape index (κ3) is 4.61. The quantitative estimate of drug-likeness (QED) is 0.724. The predicted molar refractivity (Wildman–Crippen MR) is 67.8 cm³/mol. The van der Waals surface area contributed by atoms with Gasteiger partial charge in [0.05, 0.1) is 6.61 Å². The zero-order chi connectivity index (χ0) is 11.8. The van der Waals surface area contributed by atoms with E-state index in [0.29, 0.717) is 12.6 Å². The molecule has 1 aromatic rings. The van der Waals surface area contributed by atoms with E-state index in [9.17, 15) is 0 Å². The molecule has 1 rings (SSSR count). The van der Waals surface area contributed by atoms with Crippen LogP contribution in [-0.4, -0.2) is 47.5 Å². The van der Waals surface area contributed by atoms with Crippen LogP contribution in [0.25, 0.3) is 0 Å². The lowest BCUT2D eigenvalue weighted by Crippen LogP contribution is -2.37. The Morgan fingerprint density at radius 2 is 2.12 bits per heavy atom. The van der Waals surface area contributed by atoms with Gasteiger partial charge in [-0.3, -0.25) is 4.90 Å². The number of hydrogen-bond donors (Lipinski definition) is 2. The van der Waals surface area contributed by atoms with Gasteiger partial charge in [-0.25, -0.2) is 0 Å². The van der Waals surface area contributed by atoms with E-state index in [0.717, 1.165) is 19.4 Å². The monoisotopic (exact) mass is 243 g/mol. The fraction of sp³-hybridized carbons (Fsp3) is 0.667. The van der Waals surface area contributed by atoms with Crippen LogP contribution in [0.3, 0.4) is 0 Å². The van der Waals surface area contributed by atoms with Gasteiger partial charge in [-0.05, 0) is 42.2 Å². The average molecular weight is 243 g/mol. The van der Waals surface area contributed by atoms with Crippen LogP contribution in [0.1, 0.15) is 18.9 Å². The van der Waals surface area contributed by atoms with Crippen molar-refractivity contribution in [3.8, 4) is 0 Å². The summed E-state index contributed by atoms with van der Waals surface area (Å²) >= 11 is 1.72. The SMILES string of the molecule is CC(Cc1ccsc1)N(CCO)CCCO. The van der Waals surface area contributed by atoms with E-state index < -0.39 is 0 Å². The predicted octanol–water partition coefficient (Wildman–Crippen LogP) is 1.36. The van der Waals surface area contributed by atoms with Crippen LogP contribution in [0.5, 0.6) is 0 Å². The van der Waals surface area contributed by atoms with Crippen LogP contribution in [0.4, 0.5) is 0 Å². The van der Waals surface area contributed by atoms with E-state index in [2.05, 4.69) is 28.7 Å². The third-order valence-corrected chi connectivity index (χ3v) is 3.46. The summed E-state index contributed by atoms with van der Waals surface area (Å²) in [5, 5.41) is 22.1. The van der Waals surface area contributed by atoms with Gasteiger partial charge in [0.25, 0.3) is 0 Å². The highest BCUT2D eigenvalue weighted by molar-refractivity contribution is 7.07. The van der Waals surface area contributed by atoms with Gasteiger partial charge in [0.2, 0.25) is 0 Å². The highest BCUT2D eigenvalue weighted by Gasteiger charge is 2.13. The molecule has 4 heteroatoms. The van der Waals surface area contributed by atoms with Crippen molar-refractivity contribution in [1.29, 1.82) is 0 Å². The van der Waals surface area contributed by atoms with Gasteiger partial charge in [0.15, 0.2) is 0 Å². The number of aliphatic hydroxyl groups is 2. The molecule has 0 aliphatic carbocycles. The van der Waals surface area contributed by atoms with Crippen molar-refractivity contribution in [1.82, 2.24) is 4.90 Å². The third-order valence-electron chi connectivity index (χ3n) is 2.73. The molecule has 0 amide bonds. The Bertz CT molecular complexity index is 264. The van der Waals surface area contributed by atoms with Crippen molar-refractivity contribution in [3.63, 3.8) is 0 Å². The van der Waals surface area contributed by atoms with Crippen molar-refractivity contribution in [2.75, 3.05) is 26.3 Å². The zero-order valence-corrected chi connectivity index (χ0v) is 10.6. The second kappa shape index (κ2) is 7.79. The zero-order valence-electron chi connectivity index (χ0n) is 9.80. The Labute approximate surface area is 101 Å². The number of hydrogen-bond acceptors (Lipinski definition) is 4. The highest BCUT2D eigenvalue weighted by atomic mass is 32.1. The summed E-state index contributed by atoms with van der Waals surface area (Å²) in [5.74, 6) is 0. The van der Waals surface area contributed by atoms with Crippen LogP contribution < -0.4 is 0 Å². The average Bonchev–Trinajstić information content (AvgIpc) is 2.76. The van der Waals surface area contributed by atoms with E-state index in [1.54, 1.807) is 11.3 Å². The topological polar surface area (TPSA) is 43.7 Å². The van der Waals surface area contributed by atoms with E-state index in [-0.39, 0.29) is 13.2 Å². The lowest BCUT2D eigenvalue weighted by molar-refractivity contribution is 0.145. The lowest BCUT2D eigenvalue weighted by Gasteiger charge is -2.28. The molecule has 0 fully saturated rings. The van der Waals surface area contributed by atoms with E-state index in [1.165, 1.54) is 5.56 Å². The molecule has 0 bridgehead atoms. The maximum atomic E-state index is 9.01. The number of rotatable bonds is 8. The molecule has 1 heterocycles. The molecular weight excluding hydrogens is 222 g/mol. The Hall–Kier alpha value is -0.420. The van der Waals surface area contributed by atoms with Gasteiger partial charge in [0, 0.05) is 25.7 Å². The molecule has 92 valence electrons. The lowest BCUT2D eigenvalue weighted by atomic mass is 10.1. The number of thiophene rings is 1. The molecule has 1 aromatic heterocycles. The Morgan fingerprint density at radius 3 is 2.69 bits per heavy atom. The van der Waals surface area contributed by atoms with Gasteiger partial charge < -0.3 is 10.2 Å². The molecule has 16 heavy (non-hydrogen) atoms. The molecule has 1 atom stereocenters. The molecule has 1 unspecified atom stereocenters. The summed E-state index contributed by atoms with van der Waals surface area (Å²) in [5.41, 5.74) is 1.35. The fourth-order valence-electron chi connectivity index (χ4n) is 1.83. The van der Waals surface area contributed by atoms with Gasteiger partial charge in [-0.2, -0.15) is 11.3 Å². The summed E-state index contributed by atoms with van der Waals surface area (Å²) in [7, 11) is 0. The molecule has 0 radical (unpaired) electrons. The molecule has 0 aliphatic rings. The molecule has 0 aliphatic heterocycles. The minimum absolute atomic E-state index is 0.180. The van der Waals surface area contributed by atoms with Crippen molar-refractivity contribution < 1.29 is 10.2 Å². The highest BCUT2D eigenvalue weighted by Crippen LogP contribution is 2.12. The Kier molecular flexibility index (Phi) is 6.64. The summed E-state index contributed by atoms with van der Waals surface area (Å²) < 4.78 is 0. The van der Waals surface area contributed by atoms with E-state index in [1.807, 2.05) is 0 Å². The normalized spacial score (nSPS) is 13.2. The maximum absolute atomic E-state index is 9.01. The van der Waals surface area contributed by atoms with Gasteiger partial charge in [0.1, 0.15) is 0 Å². The fourth-order valence-corrected chi connectivity index (χ4v) is 2.52. The molecule has 3 nitrogen and oxygen atoms in total.